The molecule has 1 amide bonds. The zero-order valence-electron chi connectivity index (χ0n) is 13.4. The summed E-state index contributed by atoms with van der Waals surface area (Å²) >= 11 is 0. The van der Waals surface area contributed by atoms with Crippen LogP contribution in [0.15, 0.2) is 42.5 Å². The standard InChI is InChI=1S/C18H21NO5/c20-17(19-10-12-23-13-18(21)22)9-4-11-24-16-8-3-6-14-5-1-2-7-15(14)16/h1-3,5-8H,4,9-13H2,(H,19,20)(H,21,22). The van der Waals surface area contributed by atoms with Crippen LogP contribution >= 0.6 is 0 Å². The maximum Gasteiger partial charge on any atom is 0.329 e. The Kier molecular flexibility index (Phi) is 7.04. The largest absolute Gasteiger partial charge is 0.493 e. The number of hydrogen-bond acceptors (Lipinski definition) is 4. The minimum atomic E-state index is -1.02. The van der Waals surface area contributed by atoms with Crippen molar-refractivity contribution in [1.29, 1.82) is 0 Å². The van der Waals surface area contributed by atoms with Crippen molar-refractivity contribution in [2.24, 2.45) is 0 Å². The number of carboxylic acids is 1. The Bertz CT molecular complexity index is 681. The van der Waals surface area contributed by atoms with E-state index in [2.05, 4.69) is 5.32 Å². The molecule has 0 radical (unpaired) electrons. The molecule has 0 saturated carbocycles. The number of benzene rings is 2. The zero-order chi connectivity index (χ0) is 17.2. The van der Waals surface area contributed by atoms with E-state index in [9.17, 15) is 9.59 Å². The molecule has 0 aliphatic carbocycles. The summed E-state index contributed by atoms with van der Waals surface area (Å²) in [6.45, 7) is 0.590. The van der Waals surface area contributed by atoms with Gasteiger partial charge in [-0.2, -0.15) is 0 Å². The molecule has 0 aliphatic heterocycles. The molecule has 6 nitrogen and oxygen atoms in total. The lowest BCUT2D eigenvalue weighted by Gasteiger charge is -2.09. The number of ether oxygens (including phenoxy) is 2. The Morgan fingerprint density at radius 1 is 1.04 bits per heavy atom. The lowest BCUT2D eigenvalue weighted by molar-refractivity contribution is -0.142. The fraction of sp³-hybridized carbons (Fsp3) is 0.333. The molecule has 0 fully saturated rings. The number of rotatable bonds is 10. The van der Waals surface area contributed by atoms with Crippen molar-refractivity contribution in [3.05, 3.63) is 42.5 Å². The number of carbonyl (C=O) groups is 2. The molecule has 6 heteroatoms. The number of aliphatic carboxylic acids is 1. The van der Waals surface area contributed by atoms with E-state index < -0.39 is 5.97 Å². The Hall–Kier alpha value is -2.60. The van der Waals surface area contributed by atoms with Crippen molar-refractivity contribution in [3.63, 3.8) is 0 Å². The molecule has 0 spiro atoms. The molecular weight excluding hydrogens is 310 g/mol. The van der Waals surface area contributed by atoms with Gasteiger partial charge >= 0.3 is 5.97 Å². The summed E-state index contributed by atoms with van der Waals surface area (Å²) in [5, 5.41) is 13.2. The van der Waals surface area contributed by atoms with Gasteiger partial charge in [-0.15, -0.1) is 0 Å². The van der Waals surface area contributed by atoms with Crippen LogP contribution in [0, 0.1) is 0 Å². The van der Waals surface area contributed by atoms with Crippen LogP contribution in [0.2, 0.25) is 0 Å². The van der Waals surface area contributed by atoms with Gasteiger partial charge in [-0.25, -0.2) is 4.79 Å². The van der Waals surface area contributed by atoms with Crippen LogP contribution in [-0.4, -0.2) is 43.3 Å². The quantitative estimate of drug-likeness (QED) is 0.652. The molecule has 0 saturated heterocycles. The number of carbonyl (C=O) groups excluding carboxylic acids is 1. The highest BCUT2D eigenvalue weighted by molar-refractivity contribution is 5.88. The van der Waals surface area contributed by atoms with Crippen LogP contribution < -0.4 is 10.1 Å². The van der Waals surface area contributed by atoms with Gasteiger partial charge in [0.1, 0.15) is 12.4 Å². The summed E-state index contributed by atoms with van der Waals surface area (Å²) in [6, 6.07) is 13.9. The van der Waals surface area contributed by atoms with Crippen LogP contribution in [0.3, 0.4) is 0 Å². The van der Waals surface area contributed by atoms with Gasteiger partial charge in [0.2, 0.25) is 5.91 Å². The maximum atomic E-state index is 11.6. The molecule has 0 heterocycles. The average Bonchev–Trinajstić information content (AvgIpc) is 2.58. The third-order valence-corrected chi connectivity index (χ3v) is 3.35. The highest BCUT2D eigenvalue weighted by Gasteiger charge is 2.04. The Balaban J connectivity index is 1.64. The topological polar surface area (TPSA) is 84.9 Å². The molecule has 2 aromatic carbocycles. The molecule has 128 valence electrons. The van der Waals surface area contributed by atoms with E-state index in [1.807, 2.05) is 42.5 Å². The van der Waals surface area contributed by atoms with Gasteiger partial charge in [0.05, 0.1) is 13.2 Å². The highest BCUT2D eigenvalue weighted by Crippen LogP contribution is 2.25. The van der Waals surface area contributed by atoms with E-state index in [0.29, 0.717) is 26.0 Å². The van der Waals surface area contributed by atoms with Crippen molar-refractivity contribution >= 4 is 22.6 Å². The molecule has 0 bridgehead atoms. The van der Waals surface area contributed by atoms with Gasteiger partial charge < -0.3 is 19.9 Å². The van der Waals surface area contributed by atoms with Crippen LogP contribution in [0.1, 0.15) is 12.8 Å². The molecule has 0 atom stereocenters. The first-order valence-electron chi connectivity index (χ1n) is 7.83. The van der Waals surface area contributed by atoms with E-state index in [1.54, 1.807) is 0 Å². The van der Waals surface area contributed by atoms with Crippen LogP contribution in [0.25, 0.3) is 10.8 Å². The van der Waals surface area contributed by atoms with E-state index in [4.69, 9.17) is 14.6 Å². The van der Waals surface area contributed by atoms with Crippen molar-refractivity contribution in [2.45, 2.75) is 12.8 Å². The molecule has 0 unspecified atom stereocenters. The SMILES string of the molecule is O=C(O)COCCNC(=O)CCCOc1cccc2ccccc12. The van der Waals surface area contributed by atoms with Crippen LogP contribution in [-0.2, 0) is 14.3 Å². The number of nitrogens with one attached hydrogen (secondary N) is 1. The molecular formula is C18H21NO5. The van der Waals surface area contributed by atoms with Crippen LogP contribution in [0.4, 0.5) is 0 Å². The third kappa shape index (κ3) is 5.89. The Morgan fingerprint density at radius 3 is 2.67 bits per heavy atom. The van der Waals surface area contributed by atoms with Gasteiger partial charge in [-0.1, -0.05) is 36.4 Å². The lowest BCUT2D eigenvalue weighted by Crippen LogP contribution is -2.28. The minimum Gasteiger partial charge on any atom is -0.493 e. The van der Waals surface area contributed by atoms with Gasteiger partial charge in [-0.3, -0.25) is 4.79 Å². The molecule has 2 rings (SSSR count). The normalized spacial score (nSPS) is 10.5. The Labute approximate surface area is 140 Å². The first-order chi connectivity index (χ1) is 11.7. The summed E-state index contributed by atoms with van der Waals surface area (Å²) < 4.78 is 10.6. The molecule has 0 aromatic heterocycles. The molecule has 0 aliphatic rings. The second-order valence-electron chi connectivity index (χ2n) is 5.23. The molecule has 2 aromatic rings. The summed E-state index contributed by atoms with van der Waals surface area (Å²) in [7, 11) is 0. The average molecular weight is 331 g/mol. The number of fused-ring (bicyclic) bond motifs is 1. The summed E-state index contributed by atoms with van der Waals surface area (Å²) in [6.07, 6.45) is 0.953. The number of carboxylic acid groups (broad SMARTS) is 1. The van der Waals surface area contributed by atoms with Crippen molar-refractivity contribution in [3.8, 4) is 5.75 Å². The number of hydrogen-bond donors (Lipinski definition) is 2. The fourth-order valence-electron chi connectivity index (χ4n) is 2.25. The summed E-state index contributed by atoms with van der Waals surface area (Å²) in [5.74, 6) is -0.307. The fourth-order valence-corrected chi connectivity index (χ4v) is 2.25. The predicted molar refractivity (Wildman–Crippen MR) is 90.1 cm³/mol. The zero-order valence-corrected chi connectivity index (χ0v) is 13.4. The second-order valence-corrected chi connectivity index (χ2v) is 5.23. The van der Waals surface area contributed by atoms with E-state index >= 15 is 0 Å². The molecule has 2 N–H and O–H groups in total. The first kappa shape index (κ1) is 17.7. The van der Waals surface area contributed by atoms with E-state index in [-0.39, 0.29) is 19.1 Å². The van der Waals surface area contributed by atoms with Crippen molar-refractivity contribution < 1.29 is 24.2 Å². The monoisotopic (exact) mass is 331 g/mol. The van der Waals surface area contributed by atoms with E-state index in [1.165, 1.54) is 0 Å². The first-order valence-corrected chi connectivity index (χ1v) is 7.83. The highest BCUT2D eigenvalue weighted by atomic mass is 16.5. The van der Waals surface area contributed by atoms with Crippen molar-refractivity contribution in [2.75, 3.05) is 26.4 Å². The van der Waals surface area contributed by atoms with Gasteiger partial charge in [0.15, 0.2) is 0 Å². The third-order valence-electron chi connectivity index (χ3n) is 3.35. The maximum absolute atomic E-state index is 11.6. The predicted octanol–water partition coefficient (Wildman–Crippen LogP) is 2.22. The summed E-state index contributed by atoms with van der Waals surface area (Å²) in [5.41, 5.74) is 0. The lowest BCUT2D eigenvalue weighted by atomic mass is 10.1. The van der Waals surface area contributed by atoms with E-state index in [0.717, 1.165) is 16.5 Å². The van der Waals surface area contributed by atoms with Crippen molar-refractivity contribution in [1.82, 2.24) is 5.32 Å². The van der Waals surface area contributed by atoms with Gasteiger partial charge in [0, 0.05) is 18.4 Å². The smallest absolute Gasteiger partial charge is 0.329 e. The minimum absolute atomic E-state index is 0.101. The Morgan fingerprint density at radius 2 is 1.83 bits per heavy atom. The second kappa shape index (κ2) is 9.52. The van der Waals surface area contributed by atoms with Crippen LogP contribution in [0.5, 0.6) is 5.75 Å². The number of amides is 1. The van der Waals surface area contributed by atoms with Gasteiger partial charge in [0.25, 0.3) is 0 Å². The summed E-state index contributed by atoms with van der Waals surface area (Å²) in [4.78, 5) is 21.9. The molecule has 24 heavy (non-hydrogen) atoms. The van der Waals surface area contributed by atoms with Gasteiger partial charge in [-0.05, 0) is 17.9 Å².